The first kappa shape index (κ1) is 18.4. The molecular formula is C13H17NO7. The number of carbonyl (C=O) groups is 3. The third-order valence-electron chi connectivity index (χ3n) is 2.05. The Morgan fingerprint density at radius 3 is 2.14 bits per heavy atom. The lowest BCUT2D eigenvalue weighted by molar-refractivity contribution is -0.140. The highest BCUT2D eigenvalue weighted by Gasteiger charge is 2.14. The minimum absolute atomic E-state index is 0.124. The molecule has 1 atom stereocenters. The van der Waals surface area contributed by atoms with Crippen LogP contribution in [0.15, 0.2) is 30.3 Å². The van der Waals surface area contributed by atoms with Crippen LogP contribution in [0.3, 0.4) is 0 Å². The maximum absolute atomic E-state index is 11.1. The summed E-state index contributed by atoms with van der Waals surface area (Å²) in [7, 11) is 0. The maximum atomic E-state index is 11.1. The molecule has 0 bridgehead atoms. The fourth-order valence-corrected chi connectivity index (χ4v) is 1.00. The van der Waals surface area contributed by atoms with Crippen LogP contribution in [0.1, 0.15) is 12.5 Å². The molecule has 0 radical (unpaired) electrons. The van der Waals surface area contributed by atoms with Gasteiger partial charge in [-0.2, -0.15) is 0 Å². The number of nitrogens with one attached hydrogen (secondary N) is 1. The molecule has 0 heterocycles. The Kier molecular flexibility index (Phi) is 8.94. The zero-order valence-electron chi connectivity index (χ0n) is 11.4. The molecule has 1 aromatic rings. The number of aliphatic carboxylic acids is 2. The summed E-state index contributed by atoms with van der Waals surface area (Å²) >= 11 is 0. The van der Waals surface area contributed by atoms with E-state index in [2.05, 4.69) is 5.32 Å². The predicted octanol–water partition coefficient (Wildman–Crippen LogP) is 0.449. The van der Waals surface area contributed by atoms with Crippen LogP contribution in [0.4, 0.5) is 4.79 Å². The summed E-state index contributed by atoms with van der Waals surface area (Å²) < 4.78 is 4.84. The third-order valence-corrected chi connectivity index (χ3v) is 2.05. The summed E-state index contributed by atoms with van der Waals surface area (Å²) in [6.45, 7) is 0.713. The van der Waals surface area contributed by atoms with E-state index in [1.165, 1.54) is 6.92 Å². The van der Waals surface area contributed by atoms with Crippen molar-refractivity contribution in [2.75, 3.05) is 6.61 Å². The monoisotopic (exact) mass is 299 g/mol. The van der Waals surface area contributed by atoms with Crippen molar-refractivity contribution in [2.24, 2.45) is 0 Å². The van der Waals surface area contributed by atoms with Crippen LogP contribution in [0.2, 0.25) is 0 Å². The zero-order chi connectivity index (χ0) is 16.3. The average molecular weight is 299 g/mol. The molecule has 1 amide bonds. The van der Waals surface area contributed by atoms with E-state index >= 15 is 0 Å². The minimum atomic E-state index is -1.19. The summed E-state index contributed by atoms with van der Waals surface area (Å²) in [6.07, 6.45) is -0.737. The van der Waals surface area contributed by atoms with Gasteiger partial charge in [0.15, 0.2) is 0 Å². The molecule has 0 aliphatic carbocycles. The first-order valence-corrected chi connectivity index (χ1v) is 5.89. The molecule has 0 saturated heterocycles. The number of carboxylic acid groups (broad SMARTS) is 2. The van der Waals surface area contributed by atoms with Crippen LogP contribution in [-0.4, -0.2) is 46.0 Å². The molecule has 0 fully saturated rings. The van der Waals surface area contributed by atoms with E-state index < -0.39 is 30.7 Å². The lowest BCUT2D eigenvalue weighted by Gasteiger charge is -2.09. The second-order valence-corrected chi connectivity index (χ2v) is 3.82. The molecule has 0 spiro atoms. The van der Waals surface area contributed by atoms with Gasteiger partial charge in [-0.1, -0.05) is 30.3 Å². The normalized spacial score (nSPS) is 10.6. The molecule has 8 heteroatoms. The Bertz CT molecular complexity index is 461. The van der Waals surface area contributed by atoms with Gasteiger partial charge in [0.05, 0.1) is 0 Å². The third kappa shape index (κ3) is 9.91. The van der Waals surface area contributed by atoms with Gasteiger partial charge in [0, 0.05) is 0 Å². The predicted molar refractivity (Wildman–Crippen MR) is 71.6 cm³/mol. The Balaban J connectivity index is 0.000000690. The molecule has 0 aliphatic heterocycles. The van der Waals surface area contributed by atoms with Crippen LogP contribution in [-0.2, 0) is 20.9 Å². The van der Waals surface area contributed by atoms with Gasteiger partial charge in [-0.3, -0.25) is 4.79 Å². The topological polar surface area (TPSA) is 133 Å². The van der Waals surface area contributed by atoms with E-state index in [1.54, 1.807) is 0 Å². The molecule has 1 rings (SSSR count). The van der Waals surface area contributed by atoms with Crippen LogP contribution < -0.4 is 5.32 Å². The van der Waals surface area contributed by atoms with Crippen molar-refractivity contribution >= 4 is 18.0 Å². The Hall–Kier alpha value is -2.61. The molecule has 0 saturated carbocycles. The number of alkyl carbamates (subject to hydrolysis) is 1. The fourth-order valence-electron chi connectivity index (χ4n) is 1.00. The molecule has 8 nitrogen and oxygen atoms in total. The van der Waals surface area contributed by atoms with Crippen molar-refractivity contribution in [3.05, 3.63) is 35.9 Å². The molecule has 4 N–H and O–H groups in total. The van der Waals surface area contributed by atoms with Gasteiger partial charge >= 0.3 is 18.0 Å². The minimum Gasteiger partial charge on any atom is -0.480 e. The molecule has 0 unspecified atom stereocenters. The molecule has 21 heavy (non-hydrogen) atoms. The smallest absolute Gasteiger partial charge is 0.408 e. The van der Waals surface area contributed by atoms with Crippen molar-refractivity contribution in [2.45, 2.75) is 19.6 Å². The first-order valence-electron chi connectivity index (χ1n) is 5.89. The Labute approximate surface area is 121 Å². The number of hydrogen-bond donors (Lipinski definition) is 4. The largest absolute Gasteiger partial charge is 0.480 e. The zero-order valence-corrected chi connectivity index (χ0v) is 11.4. The van der Waals surface area contributed by atoms with E-state index in [1.807, 2.05) is 30.3 Å². The van der Waals surface area contributed by atoms with E-state index in [0.29, 0.717) is 0 Å². The average Bonchev–Trinajstić information content (AvgIpc) is 2.46. The SMILES string of the molecule is C[C@@H](NC(=O)OCc1ccccc1)C(=O)O.O=C(O)CO. The molecule has 0 aliphatic rings. The number of rotatable bonds is 5. The van der Waals surface area contributed by atoms with E-state index in [9.17, 15) is 9.59 Å². The van der Waals surface area contributed by atoms with Crippen molar-refractivity contribution in [1.82, 2.24) is 5.32 Å². The number of aliphatic hydroxyl groups is 1. The number of carboxylic acids is 2. The maximum Gasteiger partial charge on any atom is 0.408 e. The highest BCUT2D eigenvalue weighted by Crippen LogP contribution is 2.00. The van der Waals surface area contributed by atoms with Crippen molar-refractivity contribution in [1.29, 1.82) is 0 Å². The van der Waals surface area contributed by atoms with Crippen LogP contribution >= 0.6 is 0 Å². The highest BCUT2D eigenvalue weighted by atomic mass is 16.5. The van der Waals surface area contributed by atoms with Crippen molar-refractivity contribution in [3.63, 3.8) is 0 Å². The number of carbonyl (C=O) groups excluding carboxylic acids is 1. The van der Waals surface area contributed by atoms with Gasteiger partial charge < -0.3 is 25.4 Å². The van der Waals surface area contributed by atoms with Gasteiger partial charge in [-0.25, -0.2) is 9.59 Å². The fraction of sp³-hybridized carbons (Fsp3) is 0.308. The van der Waals surface area contributed by atoms with Gasteiger partial charge in [0.1, 0.15) is 19.3 Å². The second kappa shape index (κ2) is 10.2. The Morgan fingerprint density at radius 1 is 1.19 bits per heavy atom. The van der Waals surface area contributed by atoms with Crippen LogP contribution in [0.5, 0.6) is 0 Å². The lowest BCUT2D eigenvalue weighted by Crippen LogP contribution is -2.38. The quantitative estimate of drug-likeness (QED) is 0.620. The summed E-state index contributed by atoms with van der Waals surface area (Å²) in [4.78, 5) is 30.7. The van der Waals surface area contributed by atoms with Gasteiger partial charge in [-0.05, 0) is 12.5 Å². The van der Waals surface area contributed by atoms with Crippen molar-refractivity contribution in [3.8, 4) is 0 Å². The van der Waals surface area contributed by atoms with Crippen LogP contribution in [0, 0.1) is 0 Å². The molecule has 1 aromatic carbocycles. The van der Waals surface area contributed by atoms with E-state index in [-0.39, 0.29) is 6.61 Å². The molecule has 0 aromatic heterocycles. The summed E-state index contributed by atoms with van der Waals surface area (Å²) in [6, 6.07) is 8.19. The molecular weight excluding hydrogens is 282 g/mol. The number of aliphatic hydroxyl groups excluding tert-OH is 1. The first-order chi connectivity index (χ1) is 9.86. The summed E-state index contributed by atoms with van der Waals surface area (Å²) in [5.41, 5.74) is 0.848. The Morgan fingerprint density at radius 2 is 1.71 bits per heavy atom. The summed E-state index contributed by atoms with van der Waals surface area (Å²) in [5.74, 6) is -2.29. The van der Waals surface area contributed by atoms with Crippen LogP contribution in [0.25, 0.3) is 0 Å². The summed E-state index contributed by atoms with van der Waals surface area (Å²) in [5, 5.41) is 25.8. The number of benzene rings is 1. The highest BCUT2D eigenvalue weighted by molar-refractivity contribution is 5.79. The van der Waals surface area contributed by atoms with Gasteiger partial charge in [0.2, 0.25) is 0 Å². The van der Waals surface area contributed by atoms with E-state index in [0.717, 1.165) is 5.56 Å². The van der Waals surface area contributed by atoms with E-state index in [4.69, 9.17) is 24.9 Å². The lowest BCUT2D eigenvalue weighted by atomic mass is 10.2. The number of ether oxygens (including phenoxy) is 1. The van der Waals surface area contributed by atoms with Gasteiger partial charge in [0.25, 0.3) is 0 Å². The van der Waals surface area contributed by atoms with Crippen molar-refractivity contribution < 1.29 is 34.4 Å². The molecule has 116 valence electrons. The standard InChI is InChI=1S/C11H13NO4.C2H4O3/c1-8(10(13)14)12-11(15)16-7-9-5-3-2-4-6-9;3-1-2(4)5/h2-6,8H,7H2,1H3,(H,12,15)(H,13,14);3H,1H2,(H,4,5)/t8-;/m1./s1. The number of hydrogen-bond acceptors (Lipinski definition) is 5. The second-order valence-electron chi connectivity index (χ2n) is 3.82. The number of amides is 1. The van der Waals surface area contributed by atoms with Gasteiger partial charge in [-0.15, -0.1) is 0 Å².